The number of esters is 1. The molecule has 15 heavy (non-hydrogen) atoms. The summed E-state index contributed by atoms with van der Waals surface area (Å²) in [5.74, 6) is 0.309. The van der Waals surface area contributed by atoms with Crippen molar-refractivity contribution in [2.45, 2.75) is 13.3 Å². The first kappa shape index (κ1) is 12.0. The molecule has 3 nitrogen and oxygen atoms in total. The molecule has 4 heteroatoms. The van der Waals surface area contributed by atoms with Gasteiger partial charge in [-0.15, -0.1) is 0 Å². The molecular weight excluding hydrogens is 260 g/mol. The van der Waals surface area contributed by atoms with E-state index in [-0.39, 0.29) is 5.97 Å². The van der Waals surface area contributed by atoms with Gasteiger partial charge in [0, 0.05) is 0 Å². The molecule has 0 bridgehead atoms. The lowest BCUT2D eigenvalue weighted by Crippen LogP contribution is -2.02. The fourth-order valence-electron chi connectivity index (χ4n) is 1.07. The van der Waals surface area contributed by atoms with Crippen LogP contribution in [0, 0.1) is 0 Å². The lowest BCUT2D eigenvalue weighted by Gasteiger charge is -2.08. The summed E-state index contributed by atoms with van der Waals surface area (Å²) in [4.78, 5) is 11.3. The summed E-state index contributed by atoms with van der Waals surface area (Å²) >= 11 is 3.35. The van der Waals surface area contributed by atoms with Crippen LogP contribution in [0.5, 0.6) is 5.75 Å². The smallest absolute Gasteiger partial charge is 0.337 e. The summed E-state index contributed by atoms with van der Waals surface area (Å²) in [5, 5.41) is 0. The van der Waals surface area contributed by atoms with Gasteiger partial charge in [0.15, 0.2) is 0 Å². The minimum absolute atomic E-state index is 0.358. The van der Waals surface area contributed by atoms with Gasteiger partial charge in [0.25, 0.3) is 0 Å². The lowest BCUT2D eigenvalue weighted by molar-refractivity contribution is 0.0600. The molecule has 0 heterocycles. The molecule has 82 valence electrons. The summed E-state index contributed by atoms with van der Waals surface area (Å²) < 4.78 is 10.9. The average molecular weight is 273 g/mol. The molecule has 0 fully saturated rings. The molecule has 0 unspecified atom stereocenters. The third kappa shape index (κ3) is 3.23. The highest BCUT2D eigenvalue weighted by Crippen LogP contribution is 2.26. The predicted molar refractivity (Wildman–Crippen MR) is 61.3 cm³/mol. The highest BCUT2D eigenvalue weighted by Gasteiger charge is 2.09. The Balaban J connectivity index is 2.89. The van der Waals surface area contributed by atoms with Gasteiger partial charge in [-0.05, 0) is 40.5 Å². The molecule has 0 aliphatic rings. The first-order valence-corrected chi connectivity index (χ1v) is 5.49. The summed E-state index contributed by atoms with van der Waals surface area (Å²) in [6, 6.07) is 5.14. The van der Waals surface area contributed by atoms with Gasteiger partial charge in [-0.2, -0.15) is 0 Å². The van der Waals surface area contributed by atoms with E-state index in [1.807, 2.05) is 6.92 Å². The number of rotatable bonds is 4. The van der Waals surface area contributed by atoms with E-state index < -0.39 is 0 Å². The van der Waals surface area contributed by atoms with Crippen LogP contribution >= 0.6 is 15.9 Å². The van der Waals surface area contributed by atoms with Crippen molar-refractivity contribution in [2.75, 3.05) is 13.7 Å². The van der Waals surface area contributed by atoms with Gasteiger partial charge < -0.3 is 9.47 Å². The average Bonchev–Trinajstić information content (AvgIpc) is 2.27. The summed E-state index contributed by atoms with van der Waals surface area (Å²) in [6.07, 6.45) is 0.925. The molecule has 0 radical (unpaired) electrons. The number of benzene rings is 1. The number of carbonyl (C=O) groups excluding carboxylic acids is 1. The van der Waals surface area contributed by atoms with Gasteiger partial charge in [0.2, 0.25) is 0 Å². The highest BCUT2D eigenvalue weighted by atomic mass is 79.9. The van der Waals surface area contributed by atoms with Crippen molar-refractivity contribution in [3.63, 3.8) is 0 Å². The van der Waals surface area contributed by atoms with Crippen molar-refractivity contribution in [1.29, 1.82) is 0 Å². The molecule has 1 aromatic carbocycles. The molecular formula is C11H13BrO3. The molecule has 0 atom stereocenters. The Bertz CT molecular complexity index is 350. The topological polar surface area (TPSA) is 35.5 Å². The largest absolute Gasteiger partial charge is 0.492 e. The molecule has 0 aliphatic carbocycles. The Morgan fingerprint density at radius 2 is 2.20 bits per heavy atom. The van der Waals surface area contributed by atoms with E-state index in [2.05, 4.69) is 20.7 Å². The van der Waals surface area contributed by atoms with Gasteiger partial charge in [-0.25, -0.2) is 4.79 Å². The van der Waals surface area contributed by atoms with Crippen LogP contribution in [0.25, 0.3) is 0 Å². The standard InChI is InChI=1S/C11H13BrO3/c1-3-6-15-10-7-8(11(13)14-2)4-5-9(10)12/h4-5,7H,3,6H2,1-2H3. The van der Waals surface area contributed by atoms with Crippen LogP contribution in [0.1, 0.15) is 23.7 Å². The summed E-state index contributed by atoms with van der Waals surface area (Å²) in [6.45, 7) is 2.65. The molecule has 1 aromatic rings. The Kier molecular flexibility index (Phi) is 4.62. The number of halogens is 1. The Morgan fingerprint density at radius 3 is 2.80 bits per heavy atom. The third-order valence-electron chi connectivity index (χ3n) is 1.81. The normalized spacial score (nSPS) is 9.80. The minimum atomic E-state index is -0.358. The van der Waals surface area contributed by atoms with E-state index in [0.29, 0.717) is 17.9 Å². The van der Waals surface area contributed by atoms with Crippen molar-refractivity contribution in [3.8, 4) is 5.75 Å². The maximum Gasteiger partial charge on any atom is 0.337 e. The number of methoxy groups -OCH3 is 1. The first-order valence-electron chi connectivity index (χ1n) is 4.69. The van der Waals surface area contributed by atoms with Gasteiger partial charge in [-0.3, -0.25) is 0 Å². The second kappa shape index (κ2) is 5.75. The predicted octanol–water partition coefficient (Wildman–Crippen LogP) is 3.02. The zero-order chi connectivity index (χ0) is 11.3. The first-order chi connectivity index (χ1) is 7.19. The Hall–Kier alpha value is -1.03. The van der Waals surface area contributed by atoms with Gasteiger partial charge in [0.1, 0.15) is 5.75 Å². The molecule has 0 saturated carbocycles. The van der Waals surface area contributed by atoms with Crippen LogP contribution in [0.4, 0.5) is 0 Å². The molecule has 0 spiro atoms. The van der Waals surface area contributed by atoms with Gasteiger partial charge in [-0.1, -0.05) is 6.92 Å². The van der Waals surface area contributed by atoms with Crippen LogP contribution < -0.4 is 4.74 Å². The van der Waals surface area contributed by atoms with Crippen molar-refractivity contribution in [3.05, 3.63) is 28.2 Å². The van der Waals surface area contributed by atoms with E-state index in [1.165, 1.54) is 7.11 Å². The van der Waals surface area contributed by atoms with Crippen molar-refractivity contribution < 1.29 is 14.3 Å². The summed E-state index contributed by atoms with van der Waals surface area (Å²) in [5.41, 5.74) is 0.492. The Morgan fingerprint density at radius 1 is 1.47 bits per heavy atom. The zero-order valence-electron chi connectivity index (χ0n) is 8.75. The zero-order valence-corrected chi connectivity index (χ0v) is 10.3. The molecule has 1 rings (SSSR count). The number of hydrogen-bond acceptors (Lipinski definition) is 3. The van der Waals surface area contributed by atoms with Crippen LogP contribution in [0.3, 0.4) is 0 Å². The monoisotopic (exact) mass is 272 g/mol. The maximum atomic E-state index is 11.3. The van der Waals surface area contributed by atoms with Gasteiger partial charge in [0.05, 0.1) is 23.8 Å². The van der Waals surface area contributed by atoms with E-state index in [9.17, 15) is 4.79 Å². The van der Waals surface area contributed by atoms with Crippen molar-refractivity contribution in [1.82, 2.24) is 0 Å². The van der Waals surface area contributed by atoms with E-state index >= 15 is 0 Å². The van der Waals surface area contributed by atoms with Crippen LogP contribution in [-0.2, 0) is 4.74 Å². The van der Waals surface area contributed by atoms with Crippen LogP contribution in [0.2, 0.25) is 0 Å². The molecule has 0 aliphatic heterocycles. The molecule has 0 amide bonds. The number of ether oxygens (including phenoxy) is 2. The molecule has 0 saturated heterocycles. The van der Waals surface area contributed by atoms with Gasteiger partial charge >= 0.3 is 5.97 Å². The van der Waals surface area contributed by atoms with Crippen molar-refractivity contribution >= 4 is 21.9 Å². The number of hydrogen-bond donors (Lipinski definition) is 0. The lowest BCUT2D eigenvalue weighted by atomic mass is 10.2. The van der Waals surface area contributed by atoms with Crippen molar-refractivity contribution in [2.24, 2.45) is 0 Å². The van der Waals surface area contributed by atoms with Crippen LogP contribution in [0.15, 0.2) is 22.7 Å². The second-order valence-electron chi connectivity index (χ2n) is 2.99. The fraction of sp³-hybridized carbons (Fsp3) is 0.364. The molecule has 0 N–H and O–H groups in total. The summed E-state index contributed by atoms with van der Waals surface area (Å²) in [7, 11) is 1.36. The number of carbonyl (C=O) groups is 1. The van der Waals surface area contributed by atoms with E-state index in [4.69, 9.17) is 4.74 Å². The Labute approximate surface area is 97.5 Å². The molecule has 0 aromatic heterocycles. The fourth-order valence-corrected chi connectivity index (χ4v) is 1.43. The third-order valence-corrected chi connectivity index (χ3v) is 2.47. The maximum absolute atomic E-state index is 11.3. The SMILES string of the molecule is CCCOc1cc(C(=O)OC)ccc1Br. The quantitative estimate of drug-likeness (QED) is 0.791. The minimum Gasteiger partial charge on any atom is -0.492 e. The second-order valence-corrected chi connectivity index (χ2v) is 3.84. The van der Waals surface area contributed by atoms with E-state index in [1.54, 1.807) is 18.2 Å². The van der Waals surface area contributed by atoms with E-state index in [0.717, 1.165) is 10.9 Å². The van der Waals surface area contributed by atoms with Crippen LogP contribution in [-0.4, -0.2) is 19.7 Å². The highest BCUT2D eigenvalue weighted by molar-refractivity contribution is 9.10.